The van der Waals surface area contributed by atoms with Crippen molar-refractivity contribution < 1.29 is 9.53 Å². The molecule has 2 rings (SSSR count). The Morgan fingerprint density at radius 1 is 1.61 bits per heavy atom. The molecule has 0 atom stereocenters. The Bertz CT molecular complexity index is 712. The SMILES string of the molecule is CCOC(=O)Cn1c(=S)[nH]c2c(cnn2C)c1=O. The number of H-pyrrole nitrogens is 1. The highest BCUT2D eigenvalue weighted by Gasteiger charge is 2.12. The summed E-state index contributed by atoms with van der Waals surface area (Å²) < 4.78 is 7.64. The Morgan fingerprint density at radius 3 is 3.00 bits per heavy atom. The Morgan fingerprint density at radius 2 is 2.33 bits per heavy atom. The van der Waals surface area contributed by atoms with Gasteiger partial charge < -0.3 is 9.72 Å². The van der Waals surface area contributed by atoms with Crippen LogP contribution in [-0.4, -0.2) is 31.9 Å². The van der Waals surface area contributed by atoms with E-state index in [-0.39, 0.29) is 23.5 Å². The predicted octanol–water partition coefficient (Wildman–Crippen LogP) is 0.356. The van der Waals surface area contributed by atoms with Gasteiger partial charge in [-0.25, -0.2) is 0 Å². The van der Waals surface area contributed by atoms with E-state index in [1.807, 2.05) is 0 Å². The number of aromatic nitrogens is 4. The van der Waals surface area contributed by atoms with Crippen LogP contribution >= 0.6 is 12.2 Å². The van der Waals surface area contributed by atoms with Gasteiger partial charge in [0.2, 0.25) is 0 Å². The molecule has 0 radical (unpaired) electrons. The Balaban J connectivity index is 2.55. The minimum atomic E-state index is -0.498. The molecule has 0 aliphatic rings. The topological polar surface area (TPSA) is 81.9 Å². The van der Waals surface area contributed by atoms with E-state index in [2.05, 4.69) is 10.1 Å². The highest BCUT2D eigenvalue weighted by molar-refractivity contribution is 7.71. The van der Waals surface area contributed by atoms with Crippen molar-refractivity contribution in [3.05, 3.63) is 21.3 Å². The first-order chi connectivity index (χ1) is 8.54. The molecule has 96 valence electrons. The summed E-state index contributed by atoms with van der Waals surface area (Å²) in [5, 5.41) is 4.35. The first kappa shape index (κ1) is 12.5. The summed E-state index contributed by atoms with van der Waals surface area (Å²) in [4.78, 5) is 26.4. The van der Waals surface area contributed by atoms with Gasteiger partial charge in [-0.1, -0.05) is 0 Å². The molecule has 0 saturated heterocycles. The number of hydrogen-bond donors (Lipinski definition) is 1. The van der Waals surface area contributed by atoms with E-state index < -0.39 is 5.97 Å². The number of aryl methyl sites for hydroxylation is 1. The number of carbonyl (C=O) groups excluding carboxylic acids is 1. The molecule has 2 aromatic heterocycles. The lowest BCUT2D eigenvalue weighted by Gasteiger charge is -2.06. The van der Waals surface area contributed by atoms with Crippen molar-refractivity contribution in [1.29, 1.82) is 0 Å². The van der Waals surface area contributed by atoms with E-state index in [4.69, 9.17) is 17.0 Å². The molecule has 0 aliphatic carbocycles. The summed E-state index contributed by atoms with van der Waals surface area (Å²) in [6.07, 6.45) is 1.44. The zero-order valence-electron chi connectivity index (χ0n) is 9.97. The number of carbonyl (C=O) groups is 1. The van der Waals surface area contributed by atoms with Gasteiger partial charge in [0.05, 0.1) is 12.8 Å². The second-order valence-electron chi connectivity index (χ2n) is 3.66. The van der Waals surface area contributed by atoms with Crippen LogP contribution in [0.2, 0.25) is 0 Å². The summed E-state index contributed by atoms with van der Waals surface area (Å²) in [6, 6.07) is 0. The third kappa shape index (κ3) is 2.06. The lowest BCUT2D eigenvalue weighted by atomic mass is 10.4. The molecule has 1 N–H and O–H groups in total. The van der Waals surface area contributed by atoms with Gasteiger partial charge in [0.1, 0.15) is 17.6 Å². The number of fused-ring (bicyclic) bond motifs is 1. The maximum absolute atomic E-state index is 12.1. The van der Waals surface area contributed by atoms with Crippen molar-refractivity contribution in [2.45, 2.75) is 13.5 Å². The standard InChI is InChI=1S/C10H12N4O3S/c1-3-17-7(15)5-14-9(16)6-4-11-13(2)8(6)12-10(14)18/h4H,3,5H2,1-2H3,(H,12,18). The van der Waals surface area contributed by atoms with Crippen LogP contribution in [0.5, 0.6) is 0 Å². The Kier molecular flexibility index (Phi) is 3.28. The Hall–Kier alpha value is -1.96. The largest absolute Gasteiger partial charge is 0.465 e. The number of esters is 1. The molecule has 8 heteroatoms. The van der Waals surface area contributed by atoms with Gasteiger partial charge >= 0.3 is 5.97 Å². The van der Waals surface area contributed by atoms with E-state index in [0.29, 0.717) is 11.0 Å². The summed E-state index contributed by atoms with van der Waals surface area (Å²) in [5.41, 5.74) is 0.181. The zero-order valence-corrected chi connectivity index (χ0v) is 10.8. The molecule has 0 aromatic carbocycles. The van der Waals surface area contributed by atoms with Gasteiger partial charge in [0, 0.05) is 7.05 Å². The van der Waals surface area contributed by atoms with E-state index in [1.54, 1.807) is 14.0 Å². The van der Waals surface area contributed by atoms with Crippen molar-refractivity contribution in [3.8, 4) is 0 Å². The lowest BCUT2D eigenvalue weighted by Crippen LogP contribution is -2.27. The zero-order chi connectivity index (χ0) is 13.3. The average Bonchev–Trinajstić information content (AvgIpc) is 2.67. The highest BCUT2D eigenvalue weighted by Crippen LogP contribution is 2.04. The molecule has 0 bridgehead atoms. The highest BCUT2D eigenvalue weighted by atomic mass is 32.1. The lowest BCUT2D eigenvalue weighted by molar-refractivity contribution is -0.143. The number of nitrogens with one attached hydrogen (secondary N) is 1. The number of nitrogens with zero attached hydrogens (tertiary/aromatic N) is 3. The molecule has 2 heterocycles. The first-order valence-corrected chi connectivity index (χ1v) is 5.76. The van der Waals surface area contributed by atoms with E-state index in [1.165, 1.54) is 10.9 Å². The summed E-state index contributed by atoms with van der Waals surface area (Å²) in [6.45, 7) is 1.76. The fourth-order valence-electron chi connectivity index (χ4n) is 1.63. The smallest absolute Gasteiger partial charge is 0.326 e. The minimum absolute atomic E-state index is 0.171. The van der Waals surface area contributed by atoms with Crippen molar-refractivity contribution in [2.75, 3.05) is 6.61 Å². The predicted molar refractivity (Wildman–Crippen MR) is 66.8 cm³/mol. The van der Waals surface area contributed by atoms with Crippen LogP contribution in [0.3, 0.4) is 0 Å². The maximum Gasteiger partial charge on any atom is 0.326 e. The van der Waals surface area contributed by atoms with Crippen LogP contribution in [0.4, 0.5) is 0 Å². The third-order valence-electron chi connectivity index (χ3n) is 2.48. The number of ether oxygens (including phenoxy) is 1. The van der Waals surface area contributed by atoms with Crippen LogP contribution in [0.15, 0.2) is 11.0 Å². The fourth-order valence-corrected chi connectivity index (χ4v) is 1.87. The van der Waals surface area contributed by atoms with Crippen molar-refractivity contribution >= 4 is 29.2 Å². The molecule has 0 saturated carbocycles. The van der Waals surface area contributed by atoms with Gasteiger partial charge in [-0.2, -0.15) is 5.10 Å². The summed E-state index contributed by atoms with van der Waals surface area (Å²) in [7, 11) is 1.70. The monoisotopic (exact) mass is 268 g/mol. The van der Waals surface area contributed by atoms with Crippen LogP contribution < -0.4 is 5.56 Å². The molecule has 0 unspecified atom stereocenters. The van der Waals surface area contributed by atoms with E-state index >= 15 is 0 Å². The van der Waals surface area contributed by atoms with Crippen LogP contribution in [0.1, 0.15) is 6.92 Å². The van der Waals surface area contributed by atoms with Crippen LogP contribution in [0, 0.1) is 4.77 Å². The van der Waals surface area contributed by atoms with Gasteiger partial charge in [-0.05, 0) is 19.1 Å². The van der Waals surface area contributed by atoms with Gasteiger partial charge in [0.25, 0.3) is 5.56 Å². The molecular weight excluding hydrogens is 256 g/mol. The maximum atomic E-state index is 12.1. The van der Waals surface area contributed by atoms with Crippen LogP contribution in [-0.2, 0) is 23.1 Å². The van der Waals surface area contributed by atoms with Gasteiger partial charge in [-0.3, -0.25) is 18.8 Å². The number of aromatic amines is 1. The minimum Gasteiger partial charge on any atom is -0.465 e. The summed E-state index contributed by atoms with van der Waals surface area (Å²) in [5.74, 6) is -0.498. The normalized spacial score (nSPS) is 10.8. The van der Waals surface area contributed by atoms with Crippen LogP contribution in [0.25, 0.3) is 11.0 Å². The van der Waals surface area contributed by atoms with E-state index in [9.17, 15) is 9.59 Å². The quantitative estimate of drug-likeness (QED) is 0.642. The second kappa shape index (κ2) is 4.73. The Labute approximate surface area is 107 Å². The van der Waals surface area contributed by atoms with Crippen molar-refractivity contribution in [1.82, 2.24) is 19.3 Å². The third-order valence-corrected chi connectivity index (χ3v) is 2.80. The van der Waals surface area contributed by atoms with Gasteiger partial charge in [-0.15, -0.1) is 0 Å². The van der Waals surface area contributed by atoms with E-state index in [0.717, 1.165) is 4.57 Å². The molecule has 18 heavy (non-hydrogen) atoms. The first-order valence-electron chi connectivity index (χ1n) is 5.35. The number of rotatable bonds is 3. The molecule has 2 aromatic rings. The second-order valence-corrected chi connectivity index (χ2v) is 4.04. The molecule has 0 fully saturated rings. The molecular formula is C10H12N4O3S. The molecule has 0 spiro atoms. The molecule has 0 aliphatic heterocycles. The average molecular weight is 268 g/mol. The fraction of sp³-hybridized carbons (Fsp3) is 0.400. The molecule has 0 amide bonds. The summed E-state index contributed by atoms with van der Waals surface area (Å²) >= 11 is 5.05. The molecule has 7 nitrogen and oxygen atoms in total. The number of hydrogen-bond acceptors (Lipinski definition) is 5. The van der Waals surface area contributed by atoms with Crippen molar-refractivity contribution in [3.63, 3.8) is 0 Å². The van der Waals surface area contributed by atoms with Gasteiger partial charge in [0.15, 0.2) is 4.77 Å². The van der Waals surface area contributed by atoms with Crippen molar-refractivity contribution in [2.24, 2.45) is 7.05 Å².